The van der Waals surface area contributed by atoms with Crippen LogP contribution in [0.15, 0.2) is 72.8 Å². The number of likely N-dealkylation sites (N-methyl/N-ethyl adjacent to an activating group) is 1. The van der Waals surface area contributed by atoms with Crippen molar-refractivity contribution in [3.05, 3.63) is 99.5 Å². The van der Waals surface area contributed by atoms with Gasteiger partial charge in [-0.1, -0.05) is 65.7 Å². The minimum Gasteiger partial charge on any atom is -0.357 e. The van der Waals surface area contributed by atoms with Gasteiger partial charge in [-0.2, -0.15) is 0 Å². The predicted molar refractivity (Wildman–Crippen MR) is 148 cm³/mol. The molecule has 1 N–H and O–H groups in total. The molecule has 3 rings (SSSR count). The Hall–Kier alpha value is -3.07. The number of rotatable bonds is 10. The fourth-order valence-corrected chi connectivity index (χ4v) is 5.26. The first-order chi connectivity index (χ1) is 17.5. The van der Waals surface area contributed by atoms with Gasteiger partial charge in [0.25, 0.3) is 0 Å². The SMILES string of the molecule is CNC(=O)[C@@H](Cc1ccccc1)N(Cc1ccc(Cl)cc1)C(=O)CN(c1ccc(Cl)cc1C)S(C)(=O)=O. The summed E-state index contributed by atoms with van der Waals surface area (Å²) in [6.07, 6.45) is 1.29. The van der Waals surface area contributed by atoms with E-state index in [2.05, 4.69) is 5.32 Å². The number of hydrogen-bond acceptors (Lipinski definition) is 4. The van der Waals surface area contributed by atoms with Crippen LogP contribution in [0.2, 0.25) is 10.0 Å². The van der Waals surface area contributed by atoms with Gasteiger partial charge in [-0.15, -0.1) is 0 Å². The van der Waals surface area contributed by atoms with Crippen LogP contribution < -0.4 is 9.62 Å². The van der Waals surface area contributed by atoms with Crippen molar-refractivity contribution >= 4 is 50.7 Å². The zero-order valence-electron chi connectivity index (χ0n) is 20.8. The summed E-state index contributed by atoms with van der Waals surface area (Å²) in [6, 6.07) is 20.2. The van der Waals surface area contributed by atoms with Crippen LogP contribution in [-0.4, -0.2) is 51.0 Å². The number of amides is 2. The Bertz CT molecular complexity index is 1350. The normalized spacial score (nSPS) is 12.0. The number of nitrogens with zero attached hydrogens (tertiary/aromatic N) is 2. The highest BCUT2D eigenvalue weighted by atomic mass is 35.5. The summed E-state index contributed by atoms with van der Waals surface area (Å²) in [6.45, 7) is 1.31. The van der Waals surface area contributed by atoms with Crippen molar-refractivity contribution in [1.82, 2.24) is 10.2 Å². The number of carbonyl (C=O) groups excluding carboxylic acids is 2. The van der Waals surface area contributed by atoms with Crippen LogP contribution in [0.3, 0.4) is 0 Å². The molecule has 0 radical (unpaired) electrons. The average molecular weight is 563 g/mol. The van der Waals surface area contributed by atoms with Crippen LogP contribution in [0.25, 0.3) is 0 Å². The number of anilines is 1. The quantitative estimate of drug-likeness (QED) is 0.396. The second-order valence-electron chi connectivity index (χ2n) is 8.67. The molecule has 0 spiro atoms. The number of aryl methyl sites for hydroxylation is 1. The Morgan fingerprint density at radius 3 is 2.11 bits per heavy atom. The van der Waals surface area contributed by atoms with Crippen LogP contribution in [0.4, 0.5) is 5.69 Å². The van der Waals surface area contributed by atoms with Crippen molar-refractivity contribution in [3.8, 4) is 0 Å². The van der Waals surface area contributed by atoms with Crippen molar-refractivity contribution in [2.45, 2.75) is 25.9 Å². The van der Waals surface area contributed by atoms with Gasteiger partial charge >= 0.3 is 0 Å². The van der Waals surface area contributed by atoms with E-state index in [-0.39, 0.29) is 18.9 Å². The highest BCUT2D eigenvalue weighted by Crippen LogP contribution is 2.26. The second kappa shape index (κ2) is 12.4. The van der Waals surface area contributed by atoms with E-state index < -0.39 is 28.5 Å². The van der Waals surface area contributed by atoms with Gasteiger partial charge in [0.05, 0.1) is 11.9 Å². The summed E-state index contributed by atoms with van der Waals surface area (Å²) in [5, 5.41) is 3.63. The number of halogens is 2. The van der Waals surface area contributed by atoms with Crippen molar-refractivity contribution in [2.75, 3.05) is 24.2 Å². The van der Waals surface area contributed by atoms with E-state index in [4.69, 9.17) is 23.2 Å². The van der Waals surface area contributed by atoms with E-state index in [0.29, 0.717) is 21.3 Å². The lowest BCUT2D eigenvalue weighted by atomic mass is 10.0. The molecule has 10 heteroatoms. The minimum atomic E-state index is -3.85. The molecular formula is C27H29Cl2N3O4S. The summed E-state index contributed by atoms with van der Waals surface area (Å²) in [5.41, 5.74) is 2.54. The van der Waals surface area contributed by atoms with Crippen molar-refractivity contribution in [2.24, 2.45) is 0 Å². The third kappa shape index (κ3) is 7.71. The molecule has 0 aromatic heterocycles. The van der Waals surface area contributed by atoms with Gasteiger partial charge in [-0.25, -0.2) is 8.42 Å². The summed E-state index contributed by atoms with van der Waals surface area (Å²) < 4.78 is 26.6. The summed E-state index contributed by atoms with van der Waals surface area (Å²) in [4.78, 5) is 28.4. The monoisotopic (exact) mass is 561 g/mol. The third-order valence-corrected chi connectivity index (χ3v) is 7.50. The molecule has 0 aliphatic carbocycles. The molecule has 0 unspecified atom stereocenters. The topological polar surface area (TPSA) is 86.8 Å². The molecule has 37 heavy (non-hydrogen) atoms. The van der Waals surface area contributed by atoms with E-state index in [1.54, 1.807) is 49.4 Å². The Labute approximate surface area is 228 Å². The average Bonchev–Trinajstić information content (AvgIpc) is 2.85. The van der Waals surface area contributed by atoms with Gasteiger partial charge in [-0.05, 0) is 53.9 Å². The Morgan fingerprint density at radius 1 is 0.919 bits per heavy atom. The first kappa shape index (κ1) is 28.5. The van der Waals surface area contributed by atoms with Crippen molar-refractivity contribution < 1.29 is 18.0 Å². The predicted octanol–water partition coefficient (Wildman–Crippen LogP) is 4.45. The first-order valence-corrected chi connectivity index (χ1v) is 14.1. The molecule has 3 aromatic carbocycles. The highest BCUT2D eigenvalue weighted by Gasteiger charge is 2.33. The van der Waals surface area contributed by atoms with Crippen LogP contribution in [0.1, 0.15) is 16.7 Å². The lowest BCUT2D eigenvalue weighted by Gasteiger charge is -2.33. The Balaban J connectivity index is 2.04. The van der Waals surface area contributed by atoms with Gasteiger partial charge in [-0.3, -0.25) is 13.9 Å². The van der Waals surface area contributed by atoms with Gasteiger partial charge in [0.15, 0.2) is 0 Å². The fraction of sp³-hybridized carbons (Fsp3) is 0.259. The standard InChI is InChI=1S/C27H29Cl2N3O4S/c1-19-15-23(29)13-14-24(19)32(37(3,35)36)18-26(33)31(17-21-9-11-22(28)12-10-21)25(27(34)30-2)16-20-7-5-4-6-8-20/h4-15,25H,16-18H2,1-3H3,(H,30,34)/t25-/m1/s1. The number of hydrogen-bond donors (Lipinski definition) is 1. The molecule has 3 aromatic rings. The van der Waals surface area contributed by atoms with Crippen LogP contribution in [0, 0.1) is 6.92 Å². The molecule has 0 saturated heterocycles. The lowest BCUT2D eigenvalue weighted by Crippen LogP contribution is -2.53. The molecule has 0 saturated carbocycles. The fourth-order valence-electron chi connectivity index (χ4n) is 4.00. The van der Waals surface area contributed by atoms with E-state index in [0.717, 1.165) is 21.7 Å². The Kier molecular flexibility index (Phi) is 9.59. The minimum absolute atomic E-state index is 0.0815. The van der Waals surface area contributed by atoms with E-state index in [9.17, 15) is 18.0 Å². The number of benzene rings is 3. The van der Waals surface area contributed by atoms with Crippen LogP contribution in [-0.2, 0) is 32.6 Å². The van der Waals surface area contributed by atoms with E-state index in [1.807, 2.05) is 30.3 Å². The van der Waals surface area contributed by atoms with Gasteiger partial charge in [0.2, 0.25) is 21.8 Å². The summed E-state index contributed by atoms with van der Waals surface area (Å²) in [7, 11) is -2.34. The molecule has 0 heterocycles. The second-order valence-corrected chi connectivity index (χ2v) is 11.4. The maximum Gasteiger partial charge on any atom is 0.244 e. The molecule has 196 valence electrons. The zero-order valence-corrected chi connectivity index (χ0v) is 23.1. The van der Waals surface area contributed by atoms with Gasteiger partial charge in [0.1, 0.15) is 12.6 Å². The molecule has 0 fully saturated rings. The van der Waals surface area contributed by atoms with Gasteiger partial charge < -0.3 is 10.2 Å². The third-order valence-electron chi connectivity index (χ3n) is 5.89. The van der Waals surface area contributed by atoms with Crippen LogP contribution in [0.5, 0.6) is 0 Å². The maximum atomic E-state index is 13.9. The van der Waals surface area contributed by atoms with E-state index in [1.165, 1.54) is 11.9 Å². The number of carbonyl (C=O) groups is 2. The highest BCUT2D eigenvalue weighted by molar-refractivity contribution is 7.92. The molecule has 7 nitrogen and oxygen atoms in total. The molecule has 0 aliphatic heterocycles. The molecular weight excluding hydrogens is 533 g/mol. The Morgan fingerprint density at radius 2 is 1.54 bits per heavy atom. The maximum absolute atomic E-state index is 13.9. The molecule has 2 amide bonds. The molecule has 1 atom stereocenters. The summed E-state index contributed by atoms with van der Waals surface area (Å²) in [5.74, 6) is -0.890. The van der Waals surface area contributed by atoms with Crippen molar-refractivity contribution in [3.63, 3.8) is 0 Å². The number of nitrogens with one attached hydrogen (secondary N) is 1. The molecule has 0 aliphatic rings. The zero-order chi connectivity index (χ0) is 27.2. The number of sulfonamides is 1. The van der Waals surface area contributed by atoms with Crippen molar-refractivity contribution in [1.29, 1.82) is 0 Å². The molecule has 0 bridgehead atoms. The van der Waals surface area contributed by atoms with Crippen LogP contribution >= 0.6 is 23.2 Å². The van der Waals surface area contributed by atoms with E-state index >= 15 is 0 Å². The smallest absolute Gasteiger partial charge is 0.244 e. The first-order valence-electron chi connectivity index (χ1n) is 11.5. The lowest BCUT2D eigenvalue weighted by molar-refractivity contribution is -0.139. The summed E-state index contributed by atoms with van der Waals surface area (Å²) >= 11 is 12.1. The van der Waals surface area contributed by atoms with Gasteiger partial charge in [0, 0.05) is 30.1 Å². The largest absolute Gasteiger partial charge is 0.357 e.